The Bertz CT molecular complexity index is 359. The lowest BCUT2D eigenvalue weighted by atomic mass is 9.80. The van der Waals surface area contributed by atoms with Crippen LogP contribution < -0.4 is 10.6 Å². The minimum Gasteiger partial charge on any atom is -0.481 e. The first kappa shape index (κ1) is 17.8. The average Bonchev–Trinajstić information content (AvgIpc) is 2.35. The molecule has 0 aliphatic heterocycles. The third kappa shape index (κ3) is 6.33. The standard InChI is InChI=1S/C15H28N2O4/c1-14(2,8-5-12(18)19)9-10-16-13(20)17-11-15(21-3)6-4-7-15/h4-11H2,1-3H3,(H,18,19)(H2,16,17,20). The van der Waals surface area contributed by atoms with Gasteiger partial charge in [0, 0.05) is 26.6 Å². The van der Waals surface area contributed by atoms with Crippen LogP contribution in [0.5, 0.6) is 0 Å². The zero-order chi connectivity index (χ0) is 15.9. The molecule has 3 N–H and O–H groups in total. The number of urea groups is 1. The normalized spacial score (nSPS) is 16.9. The fourth-order valence-corrected chi connectivity index (χ4v) is 2.41. The van der Waals surface area contributed by atoms with Gasteiger partial charge in [-0.1, -0.05) is 13.8 Å². The number of carbonyl (C=O) groups excluding carboxylic acids is 1. The summed E-state index contributed by atoms with van der Waals surface area (Å²) in [6.07, 6.45) is 4.66. The minimum atomic E-state index is -0.779. The topological polar surface area (TPSA) is 87.7 Å². The van der Waals surface area contributed by atoms with Crippen LogP contribution in [0.4, 0.5) is 4.79 Å². The van der Waals surface area contributed by atoms with Crippen LogP contribution in [0.2, 0.25) is 0 Å². The van der Waals surface area contributed by atoms with Crippen LogP contribution >= 0.6 is 0 Å². The second-order valence-electron chi connectivity index (χ2n) is 6.66. The number of carboxylic acids is 1. The van der Waals surface area contributed by atoms with Crippen LogP contribution in [0.1, 0.15) is 52.4 Å². The van der Waals surface area contributed by atoms with E-state index >= 15 is 0 Å². The maximum Gasteiger partial charge on any atom is 0.314 e. The smallest absolute Gasteiger partial charge is 0.314 e. The van der Waals surface area contributed by atoms with Crippen molar-refractivity contribution >= 4 is 12.0 Å². The van der Waals surface area contributed by atoms with Crippen LogP contribution in [0.15, 0.2) is 0 Å². The molecule has 6 nitrogen and oxygen atoms in total. The van der Waals surface area contributed by atoms with Crippen molar-refractivity contribution in [3.63, 3.8) is 0 Å². The molecule has 0 heterocycles. The molecule has 1 rings (SSSR count). The zero-order valence-electron chi connectivity index (χ0n) is 13.3. The molecule has 1 fully saturated rings. The average molecular weight is 300 g/mol. The highest BCUT2D eigenvalue weighted by Crippen LogP contribution is 2.34. The van der Waals surface area contributed by atoms with Crippen LogP contribution in [-0.4, -0.2) is 42.9 Å². The van der Waals surface area contributed by atoms with E-state index in [-0.39, 0.29) is 23.5 Å². The fraction of sp³-hybridized carbons (Fsp3) is 0.867. The number of methoxy groups -OCH3 is 1. The number of rotatable bonds is 9. The Balaban J connectivity index is 2.16. The highest BCUT2D eigenvalue weighted by Gasteiger charge is 2.37. The lowest BCUT2D eigenvalue weighted by Gasteiger charge is -2.40. The van der Waals surface area contributed by atoms with Crippen LogP contribution in [0.25, 0.3) is 0 Å². The largest absolute Gasteiger partial charge is 0.481 e. The van der Waals surface area contributed by atoms with E-state index in [1.165, 1.54) is 0 Å². The SMILES string of the molecule is COC1(CNC(=O)NCCC(C)(C)CCC(=O)O)CCC1. The molecule has 122 valence electrons. The van der Waals surface area contributed by atoms with E-state index in [2.05, 4.69) is 10.6 Å². The predicted molar refractivity (Wildman–Crippen MR) is 80.3 cm³/mol. The van der Waals surface area contributed by atoms with Crippen molar-refractivity contribution in [2.75, 3.05) is 20.2 Å². The molecular weight excluding hydrogens is 272 g/mol. The van der Waals surface area contributed by atoms with E-state index in [9.17, 15) is 9.59 Å². The summed E-state index contributed by atoms with van der Waals surface area (Å²) in [6, 6.07) is -0.188. The lowest BCUT2D eigenvalue weighted by Crippen LogP contribution is -2.51. The van der Waals surface area contributed by atoms with E-state index in [0.29, 0.717) is 19.5 Å². The first-order chi connectivity index (χ1) is 9.79. The van der Waals surface area contributed by atoms with E-state index < -0.39 is 5.97 Å². The first-order valence-electron chi connectivity index (χ1n) is 7.57. The molecule has 1 saturated carbocycles. The molecule has 0 aromatic rings. The molecule has 1 aliphatic rings. The molecule has 0 saturated heterocycles. The molecule has 0 atom stereocenters. The molecular formula is C15H28N2O4. The summed E-state index contributed by atoms with van der Waals surface area (Å²) in [5, 5.41) is 14.4. The van der Waals surface area contributed by atoms with E-state index in [4.69, 9.17) is 9.84 Å². The van der Waals surface area contributed by atoms with Gasteiger partial charge in [0.25, 0.3) is 0 Å². The molecule has 0 radical (unpaired) electrons. The summed E-state index contributed by atoms with van der Waals surface area (Å²) in [7, 11) is 1.68. The Morgan fingerprint density at radius 2 is 1.90 bits per heavy atom. The van der Waals surface area contributed by atoms with Crippen LogP contribution in [-0.2, 0) is 9.53 Å². The molecule has 0 spiro atoms. The quantitative estimate of drug-likeness (QED) is 0.609. The Labute approximate surface area is 126 Å². The van der Waals surface area contributed by atoms with Gasteiger partial charge in [0.1, 0.15) is 0 Å². The van der Waals surface area contributed by atoms with Crippen molar-refractivity contribution in [3.05, 3.63) is 0 Å². The van der Waals surface area contributed by atoms with Crippen molar-refractivity contribution in [1.29, 1.82) is 0 Å². The van der Waals surface area contributed by atoms with Crippen molar-refractivity contribution < 1.29 is 19.4 Å². The van der Waals surface area contributed by atoms with Crippen molar-refractivity contribution in [2.24, 2.45) is 5.41 Å². The monoisotopic (exact) mass is 300 g/mol. The minimum absolute atomic E-state index is 0.0899. The van der Waals surface area contributed by atoms with Crippen molar-refractivity contribution in [3.8, 4) is 0 Å². The fourth-order valence-electron chi connectivity index (χ4n) is 2.41. The molecule has 0 bridgehead atoms. The summed E-state index contributed by atoms with van der Waals surface area (Å²) in [5.74, 6) is -0.779. The van der Waals surface area contributed by atoms with Crippen LogP contribution in [0, 0.1) is 5.41 Å². The maximum atomic E-state index is 11.7. The third-order valence-electron chi connectivity index (χ3n) is 4.37. The number of amides is 2. The van der Waals surface area contributed by atoms with Gasteiger partial charge in [-0.05, 0) is 37.5 Å². The Morgan fingerprint density at radius 3 is 2.38 bits per heavy atom. The van der Waals surface area contributed by atoms with Crippen molar-refractivity contribution in [2.45, 2.75) is 58.0 Å². The van der Waals surface area contributed by atoms with Gasteiger partial charge in [-0.25, -0.2) is 4.79 Å². The number of ether oxygens (including phenoxy) is 1. The van der Waals surface area contributed by atoms with Gasteiger partial charge in [-0.15, -0.1) is 0 Å². The van der Waals surface area contributed by atoms with Gasteiger partial charge >= 0.3 is 12.0 Å². The van der Waals surface area contributed by atoms with E-state index in [0.717, 1.165) is 25.7 Å². The zero-order valence-corrected chi connectivity index (χ0v) is 13.3. The molecule has 2 amide bonds. The summed E-state index contributed by atoms with van der Waals surface area (Å²) in [5.41, 5.74) is -0.258. The van der Waals surface area contributed by atoms with Gasteiger partial charge < -0.3 is 20.5 Å². The first-order valence-corrected chi connectivity index (χ1v) is 7.57. The second-order valence-corrected chi connectivity index (χ2v) is 6.66. The number of hydrogen-bond donors (Lipinski definition) is 3. The molecule has 0 aromatic carbocycles. The summed E-state index contributed by atoms with van der Waals surface area (Å²) in [6.45, 7) is 5.11. The maximum absolute atomic E-state index is 11.7. The number of hydrogen-bond acceptors (Lipinski definition) is 3. The number of nitrogens with one attached hydrogen (secondary N) is 2. The van der Waals surface area contributed by atoms with Gasteiger partial charge in [0.2, 0.25) is 0 Å². The Hall–Kier alpha value is -1.30. The van der Waals surface area contributed by atoms with Gasteiger partial charge in [0.15, 0.2) is 0 Å². The Morgan fingerprint density at radius 1 is 1.24 bits per heavy atom. The summed E-state index contributed by atoms with van der Waals surface area (Å²) < 4.78 is 5.44. The molecule has 0 aromatic heterocycles. The van der Waals surface area contributed by atoms with Gasteiger partial charge in [-0.3, -0.25) is 4.79 Å². The highest BCUT2D eigenvalue weighted by molar-refractivity contribution is 5.73. The highest BCUT2D eigenvalue weighted by atomic mass is 16.5. The predicted octanol–water partition coefficient (Wildman–Crippen LogP) is 2.14. The summed E-state index contributed by atoms with van der Waals surface area (Å²) in [4.78, 5) is 22.3. The number of carbonyl (C=O) groups is 2. The molecule has 1 aliphatic carbocycles. The molecule has 0 unspecified atom stereocenters. The third-order valence-corrected chi connectivity index (χ3v) is 4.37. The number of aliphatic carboxylic acids is 1. The van der Waals surface area contributed by atoms with Gasteiger partial charge in [-0.2, -0.15) is 0 Å². The Kier molecular flexibility index (Phi) is 6.45. The number of carboxylic acid groups (broad SMARTS) is 1. The summed E-state index contributed by atoms with van der Waals surface area (Å²) >= 11 is 0. The molecule has 6 heteroatoms. The second kappa shape index (κ2) is 7.64. The van der Waals surface area contributed by atoms with Gasteiger partial charge in [0.05, 0.1) is 5.60 Å². The van der Waals surface area contributed by atoms with Crippen molar-refractivity contribution in [1.82, 2.24) is 10.6 Å². The lowest BCUT2D eigenvalue weighted by molar-refractivity contribution is -0.137. The molecule has 21 heavy (non-hydrogen) atoms. The van der Waals surface area contributed by atoms with E-state index in [1.807, 2.05) is 13.8 Å². The van der Waals surface area contributed by atoms with E-state index in [1.54, 1.807) is 7.11 Å². The van der Waals surface area contributed by atoms with Crippen LogP contribution in [0.3, 0.4) is 0 Å².